The number of amides is 1. The first kappa shape index (κ1) is 26.3. The minimum absolute atomic E-state index is 0.0365. The van der Waals surface area contributed by atoms with Crippen LogP contribution in [-0.2, 0) is 16.1 Å². The number of nitrogens with zero attached hydrogens (tertiary/aromatic N) is 1. The number of thiophene rings is 1. The first-order valence-electron chi connectivity index (χ1n) is 12.8. The van der Waals surface area contributed by atoms with E-state index >= 15 is 0 Å². The Bertz CT molecular complexity index is 1490. The van der Waals surface area contributed by atoms with Crippen molar-refractivity contribution in [1.29, 1.82) is 0 Å². The minimum atomic E-state index is -0.799. The summed E-state index contributed by atoms with van der Waals surface area (Å²) in [6.07, 6.45) is 0. The zero-order chi connectivity index (χ0) is 27.4. The van der Waals surface area contributed by atoms with Gasteiger partial charge in [-0.25, -0.2) is 0 Å². The quantitative estimate of drug-likeness (QED) is 0.138. The third kappa shape index (κ3) is 5.89. The zero-order valence-corrected chi connectivity index (χ0v) is 22.6. The number of ketones is 1. The number of carbonyl (C=O) groups is 2. The normalized spacial score (nSPS) is 16.6. The van der Waals surface area contributed by atoms with Crippen molar-refractivity contribution in [3.05, 3.63) is 118 Å². The van der Waals surface area contributed by atoms with Crippen LogP contribution in [0.15, 0.2) is 102 Å². The summed E-state index contributed by atoms with van der Waals surface area (Å²) in [7, 11) is 0. The van der Waals surface area contributed by atoms with Gasteiger partial charge in [0.25, 0.3) is 11.7 Å². The van der Waals surface area contributed by atoms with Gasteiger partial charge in [-0.15, -0.1) is 11.3 Å². The Morgan fingerprint density at radius 3 is 2.38 bits per heavy atom. The van der Waals surface area contributed by atoms with Gasteiger partial charge in [-0.05, 0) is 59.3 Å². The lowest BCUT2D eigenvalue weighted by atomic mass is 9.95. The van der Waals surface area contributed by atoms with Gasteiger partial charge in [-0.1, -0.05) is 62.4 Å². The molecule has 0 aliphatic carbocycles. The van der Waals surface area contributed by atoms with Crippen LogP contribution >= 0.6 is 11.3 Å². The van der Waals surface area contributed by atoms with E-state index in [-0.39, 0.29) is 17.9 Å². The summed E-state index contributed by atoms with van der Waals surface area (Å²) < 4.78 is 11.9. The number of aliphatic hydroxyl groups excluding tert-OH is 1. The van der Waals surface area contributed by atoms with Crippen LogP contribution in [0.3, 0.4) is 0 Å². The average Bonchev–Trinajstić information content (AvgIpc) is 3.55. The Labute approximate surface area is 231 Å². The van der Waals surface area contributed by atoms with Gasteiger partial charge in [0.1, 0.15) is 23.0 Å². The van der Waals surface area contributed by atoms with Crippen LogP contribution in [-0.4, -0.2) is 28.3 Å². The minimum Gasteiger partial charge on any atom is -0.507 e. The fourth-order valence-corrected chi connectivity index (χ4v) is 5.19. The van der Waals surface area contributed by atoms with Crippen LogP contribution in [0.2, 0.25) is 0 Å². The molecule has 6 nitrogen and oxygen atoms in total. The van der Waals surface area contributed by atoms with Crippen molar-refractivity contribution in [3.63, 3.8) is 0 Å². The average molecular weight is 540 g/mol. The highest BCUT2D eigenvalue weighted by atomic mass is 32.1. The smallest absolute Gasteiger partial charge is 0.295 e. The summed E-state index contributed by atoms with van der Waals surface area (Å²) in [5.41, 5.74) is 1.11. The van der Waals surface area contributed by atoms with E-state index in [2.05, 4.69) is 13.8 Å². The number of carbonyl (C=O) groups excluding carboxylic acids is 2. The number of benzene rings is 3. The Morgan fingerprint density at radius 1 is 0.897 bits per heavy atom. The molecule has 1 fully saturated rings. The lowest BCUT2D eigenvalue weighted by Crippen LogP contribution is -2.28. The maximum atomic E-state index is 13.5. The number of likely N-dealkylation sites (tertiary alicyclic amines) is 1. The molecule has 0 bridgehead atoms. The van der Waals surface area contributed by atoms with Crippen LogP contribution in [0.1, 0.15) is 35.9 Å². The molecule has 1 aliphatic heterocycles. The molecule has 39 heavy (non-hydrogen) atoms. The molecule has 7 heteroatoms. The number of para-hydroxylation sites is 1. The Morgan fingerprint density at radius 2 is 1.64 bits per heavy atom. The number of Topliss-reactive ketones (excluding diaryl/α,β-unsaturated/α-hetero) is 1. The van der Waals surface area contributed by atoms with Gasteiger partial charge in [0.15, 0.2) is 0 Å². The van der Waals surface area contributed by atoms with E-state index in [1.807, 2.05) is 66.0 Å². The topological polar surface area (TPSA) is 76.1 Å². The maximum Gasteiger partial charge on any atom is 0.295 e. The lowest BCUT2D eigenvalue weighted by molar-refractivity contribution is -0.140. The first-order valence-corrected chi connectivity index (χ1v) is 13.7. The number of hydrogen-bond acceptors (Lipinski definition) is 6. The molecule has 3 aromatic carbocycles. The molecule has 0 spiro atoms. The predicted molar refractivity (Wildman–Crippen MR) is 152 cm³/mol. The van der Waals surface area contributed by atoms with Crippen molar-refractivity contribution in [1.82, 2.24) is 4.90 Å². The van der Waals surface area contributed by atoms with Crippen LogP contribution < -0.4 is 9.47 Å². The van der Waals surface area contributed by atoms with Crippen LogP contribution in [0, 0.1) is 5.92 Å². The van der Waals surface area contributed by atoms with Gasteiger partial charge in [-0.2, -0.15) is 0 Å². The third-order valence-corrected chi connectivity index (χ3v) is 7.15. The summed E-state index contributed by atoms with van der Waals surface area (Å²) >= 11 is 1.51. The third-order valence-electron chi connectivity index (χ3n) is 6.29. The molecule has 4 aromatic rings. The largest absolute Gasteiger partial charge is 0.507 e. The predicted octanol–water partition coefficient (Wildman–Crippen LogP) is 7.20. The number of ether oxygens (including phenoxy) is 2. The van der Waals surface area contributed by atoms with Gasteiger partial charge < -0.3 is 19.5 Å². The second-order valence-electron chi connectivity index (χ2n) is 9.73. The zero-order valence-electron chi connectivity index (χ0n) is 21.7. The van der Waals surface area contributed by atoms with Gasteiger partial charge >= 0.3 is 0 Å². The highest BCUT2D eigenvalue weighted by Gasteiger charge is 2.46. The van der Waals surface area contributed by atoms with Crippen LogP contribution in [0.25, 0.3) is 5.76 Å². The Kier molecular flexibility index (Phi) is 7.79. The molecular formula is C32H29NO5S. The summed E-state index contributed by atoms with van der Waals surface area (Å²) in [6.45, 7) is 4.86. The monoisotopic (exact) mass is 539 g/mol. The van der Waals surface area contributed by atoms with Crippen molar-refractivity contribution in [3.8, 4) is 17.2 Å². The van der Waals surface area contributed by atoms with Crippen molar-refractivity contribution in [2.75, 3.05) is 6.61 Å². The first-order chi connectivity index (χ1) is 18.9. The molecule has 1 aromatic heterocycles. The molecule has 0 radical (unpaired) electrons. The Balaban J connectivity index is 1.58. The van der Waals surface area contributed by atoms with Crippen molar-refractivity contribution >= 4 is 28.8 Å². The van der Waals surface area contributed by atoms with Crippen molar-refractivity contribution in [2.45, 2.75) is 26.4 Å². The van der Waals surface area contributed by atoms with Crippen LogP contribution in [0.5, 0.6) is 17.2 Å². The number of hydrogen-bond donors (Lipinski definition) is 1. The molecular weight excluding hydrogens is 510 g/mol. The van der Waals surface area contributed by atoms with E-state index in [1.54, 1.807) is 30.3 Å². The molecule has 1 N–H and O–H groups in total. The molecule has 1 amide bonds. The summed E-state index contributed by atoms with van der Waals surface area (Å²) in [6, 6.07) is 26.6. The molecule has 2 heterocycles. The number of rotatable bonds is 9. The van der Waals surface area contributed by atoms with E-state index in [4.69, 9.17) is 9.47 Å². The second-order valence-corrected chi connectivity index (χ2v) is 10.8. The Hall–Kier alpha value is -4.36. The molecule has 5 rings (SSSR count). The van der Waals surface area contributed by atoms with Gasteiger partial charge in [0.2, 0.25) is 0 Å². The maximum absolute atomic E-state index is 13.5. The van der Waals surface area contributed by atoms with Gasteiger partial charge in [0.05, 0.1) is 24.8 Å². The van der Waals surface area contributed by atoms with Crippen molar-refractivity contribution in [2.24, 2.45) is 5.92 Å². The lowest BCUT2D eigenvalue weighted by Gasteiger charge is -2.25. The molecule has 1 saturated heterocycles. The molecule has 1 atom stereocenters. The highest BCUT2D eigenvalue weighted by Crippen LogP contribution is 2.42. The van der Waals surface area contributed by atoms with Gasteiger partial charge in [-0.3, -0.25) is 9.59 Å². The van der Waals surface area contributed by atoms with E-state index in [0.717, 1.165) is 4.88 Å². The molecule has 1 unspecified atom stereocenters. The second kappa shape index (κ2) is 11.6. The summed E-state index contributed by atoms with van der Waals surface area (Å²) in [5, 5.41) is 13.4. The fraction of sp³-hybridized carbons (Fsp3) is 0.188. The number of aliphatic hydroxyl groups is 1. The standard InChI is InChI=1S/C32H29NO5S/c1-21(2)20-37-25-13-7-10-23(18-25)30(34)28-29(33(32(36)31(28)35)19-27-15-8-16-39-27)22-9-6-14-26(17-22)38-24-11-4-3-5-12-24/h3-18,21,29,34H,19-20H2,1-2H3/b30-28-. The molecule has 198 valence electrons. The van der Waals surface area contributed by atoms with Gasteiger partial charge in [0, 0.05) is 10.4 Å². The molecule has 1 aliphatic rings. The van der Waals surface area contributed by atoms with E-state index in [1.165, 1.54) is 16.2 Å². The fourth-order valence-electron chi connectivity index (χ4n) is 4.48. The summed E-state index contributed by atoms with van der Waals surface area (Å²) in [4.78, 5) is 29.3. The van der Waals surface area contributed by atoms with E-state index in [0.29, 0.717) is 40.9 Å². The SMILES string of the molecule is CC(C)COc1cccc(/C(O)=C2/C(=O)C(=O)N(Cc3cccs3)C2c2cccc(Oc3ccccc3)c2)c1. The highest BCUT2D eigenvalue weighted by molar-refractivity contribution is 7.09. The van der Waals surface area contributed by atoms with E-state index < -0.39 is 17.7 Å². The van der Waals surface area contributed by atoms with E-state index in [9.17, 15) is 14.7 Å². The van der Waals surface area contributed by atoms with Crippen LogP contribution in [0.4, 0.5) is 0 Å². The summed E-state index contributed by atoms with van der Waals surface area (Å²) in [5.74, 6) is 0.514. The van der Waals surface area contributed by atoms with Crippen molar-refractivity contribution < 1.29 is 24.2 Å². The molecule has 0 saturated carbocycles.